The summed E-state index contributed by atoms with van der Waals surface area (Å²) in [5.41, 5.74) is 0.594. The molecule has 0 atom stereocenters. The topological polar surface area (TPSA) is 35.0 Å². The van der Waals surface area contributed by atoms with E-state index in [1.54, 1.807) is 6.07 Å². The molecule has 1 rings (SSSR count). The fourth-order valence-electron chi connectivity index (χ4n) is 0.912. The minimum atomic E-state index is -0.218. The smallest absolute Gasteiger partial charge is 0.225 e. The van der Waals surface area contributed by atoms with Crippen LogP contribution < -0.4 is 4.74 Å². The second-order valence-corrected chi connectivity index (χ2v) is 4.17. The lowest BCUT2D eigenvalue weighted by Gasteiger charge is -2.23. The molecule has 14 heavy (non-hydrogen) atoms. The molecule has 0 aromatic carbocycles. The third-order valence-electron chi connectivity index (χ3n) is 2.04. The van der Waals surface area contributed by atoms with E-state index < -0.39 is 0 Å². The summed E-state index contributed by atoms with van der Waals surface area (Å²) in [6.45, 7) is 7.95. The van der Waals surface area contributed by atoms with Crippen LogP contribution in [0.3, 0.4) is 0 Å². The molecule has 0 aliphatic carbocycles. The Balaban J connectivity index is 2.87. The van der Waals surface area contributed by atoms with Gasteiger partial charge in [-0.3, -0.25) is 0 Å². The molecule has 1 aromatic rings. The van der Waals surface area contributed by atoms with Crippen molar-refractivity contribution in [3.8, 4) is 5.88 Å². The van der Waals surface area contributed by atoms with Gasteiger partial charge in [0.2, 0.25) is 11.2 Å². The monoisotopic (exact) mass is 214 g/mol. The van der Waals surface area contributed by atoms with Crippen molar-refractivity contribution in [2.24, 2.45) is 0 Å². The van der Waals surface area contributed by atoms with Crippen LogP contribution in [-0.2, 0) is 0 Å². The van der Waals surface area contributed by atoms with Gasteiger partial charge in [-0.25, -0.2) is 4.98 Å². The van der Waals surface area contributed by atoms with Crippen LogP contribution in [0.1, 0.15) is 32.9 Å². The average molecular weight is 215 g/mol. The second-order valence-electron chi connectivity index (χ2n) is 3.83. The van der Waals surface area contributed by atoms with Crippen molar-refractivity contribution in [1.29, 1.82) is 0 Å². The molecule has 4 heteroatoms. The van der Waals surface area contributed by atoms with Gasteiger partial charge >= 0.3 is 0 Å². The molecule has 0 radical (unpaired) electrons. The maximum absolute atomic E-state index is 5.72. The lowest BCUT2D eigenvalue weighted by molar-refractivity contribution is 0.0987. The summed E-state index contributed by atoms with van der Waals surface area (Å²) < 4.78 is 5.68. The van der Waals surface area contributed by atoms with Crippen LogP contribution in [0, 0.1) is 6.92 Å². The Morgan fingerprint density at radius 2 is 2.07 bits per heavy atom. The summed E-state index contributed by atoms with van der Waals surface area (Å²) >= 11 is 5.72. The number of aromatic nitrogens is 2. The summed E-state index contributed by atoms with van der Waals surface area (Å²) in [4.78, 5) is 7.96. The highest BCUT2D eigenvalue weighted by atomic mass is 35.5. The van der Waals surface area contributed by atoms with E-state index in [9.17, 15) is 0 Å². The van der Waals surface area contributed by atoms with Gasteiger partial charge in [0.25, 0.3) is 0 Å². The number of halogens is 1. The summed E-state index contributed by atoms with van der Waals surface area (Å²) in [6.07, 6.45) is 0.910. The van der Waals surface area contributed by atoms with Crippen LogP contribution in [0.5, 0.6) is 5.88 Å². The fraction of sp³-hybridized carbons (Fsp3) is 0.600. The van der Waals surface area contributed by atoms with Gasteiger partial charge < -0.3 is 4.74 Å². The number of nitrogens with zero attached hydrogens (tertiary/aromatic N) is 2. The van der Waals surface area contributed by atoms with Gasteiger partial charge in [-0.2, -0.15) is 4.98 Å². The highest BCUT2D eigenvalue weighted by Gasteiger charge is 2.17. The molecule has 0 amide bonds. The zero-order chi connectivity index (χ0) is 10.8. The van der Waals surface area contributed by atoms with Gasteiger partial charge in [-0.05, 0) is 38.8 Å². The third-order valence-corrected chi connectivity index (χ3v) is 2.20. The van der Waals surface area contributed by atoms with E-state index in [-0.39, 0.29) is 10.9 Å². The van der Waals surface area contributed by atoms with Gasteiger partial charge in [0.15, 0.2) is 0 Å². The highest BCUT2D eigenvalue weighted by Crippen LogP contribution is 2.20. The normalized spacial score (nSPS) is 11.5. The van der Waals surface area contributed by atoms with E-state index in [1.165, 1.54) is 0 Å². The molecule has 3 nitrogen and oxygen atoms in total. The summed E-state index contributed by atoms with van der Waals surface area (Å²) in [5, 5.41) is 0.229. The van der Waals surface area contributed by atoms with Gasteiger partial charge in [-0.15, -0.1) is 0 Å². The molecule has 1 heterocycles. The lowest BCUT2D eigenvalue weighted by Crippen LogP contribution is -2.27. The Labute approximate surface area is 89.5 Å². The molecule has 0 spiro atoms. The molecule has 0 N–H and O–H groups in total. The van der Waals surface area contributed by atoms with Crippen LogP contribution >= 0.6 is 11.6 Å². The number of ether oxygens (including phenoxy) is 1. The maximum atomic E-state index is 5.72. The Hall–Kier alpha value is -0.830. The van der Waals surface area contributed by atoms with E-state index in [2.05, 4.69) is 16.9 Å². The van der Waals surface area contributed by atoms with Gasteiger partial charge in [0, 0.05) is 11.8 Å². The number of hydrogen-bond acceptors (Lipinski definition) is 3. The molecule has 0 aliphatic heterocycles. The molecule has 0 fully saturated rings. The van der Waals surface area contributed by atoms with E-state index in [1.807, 2.05) is 20.8 Å². The summed E-state index contributed by atoms with van der Waals surface area (Å²) in [7, 11) is 0. The molecule has 0 saturated carbocycles. The van der Waals surface area contributed by atoms with E-state index in [0.29, 0.717) is 5.88 Å². The van der Waals surface area contributed by atoms with Gasteiger partial charge in [-0.1, -0.05) is 6.92 Å². The largest absolute Gasteiger partial charge is 0.472 e. The fourth-order valence-corrected chi connectivity index (χ4v) is 1.13. The van der Waals surface area contributed by atoms with Crippen LogP contribution in [0.4, 0.5) is 0 Å². The summed E-state index contributed by atoms with van der Waals surface area (Å²) in [5.74, 6) is 0.536. The van der Waals surface area contributed by atoms with Crippen LogP contribution in [0.15, 0.2) is 6.07 Å². The second kappa shape index (κ2) is 4.13. The zero-order valence-electron chi connectivity index (χ0n) is 8.97. The Morgan fingerprint density at radius 1 is 1.43 bits per heavy atom. The lowest BCUT2D eigenvalue weighted by atomic mass is 10.1. The number of aryl methyl sites for hydroxylation is 1. The Kier molecular flexibility index (Phi) is 3.32. The standard InChI is InChI=1S/C10H15ClN2O/c1-5-10(3,4)14-8-6-7(2)12-9(11)13-8/h6H,5H2,1-4H3. The Morgan fingerprint density at radius 3 is 2.57 bits per heavy atom. The average Bonchev–Trinajstić information content (AvgIpc) is 2.01. The predicted molar refractivity (Wildman–Crippen MR) is 56.8 cm³/mol. The molecule has 0 aliphatic rings. The first-order valence-corrected chi connectivity index (χ1v) is 5.01. The van der Waals surface area contributed by atoms with Crippen molar-refractivity contribution < 1.29 is 4.74 Å². The van der Waals surface area contributed by atoms with Crippen molar-refractivity contribution in [2.75, 3.05) is 0 Å². The minimum Gasteiger partial charge on any atom is -0.472 e. The minimum absolute atomic E-state index is 0.218. The first kappa shape index (κ1) is 11.2. The van der Waals surface area contributed by atoms with Crippen molar-refractivity contribution in [3.05, 3.63) is 17.0 Å². The van der Waals surface area contributed by atoms with Crippen LogP contribution in [0.2, 0.25) is 5.28 Å². The summed E-state index contributed by atoms with van der Waals surface area (Å²) in [6, 6.07) is 1.78. The number of rotatable bonds is 3. The van der Waals surface area contributed by atoms with Crippen molar-refractivity contribution >= 4 is 11.6 Å². The third kappa shape index (κ3) is 3.14. The molecule has 1 aromatic heterocycles. The molecule has 0 bridgehead atoms. The quantitative estimate of drug-likeness (QED) is 0.726. The Bertz CT molecular complexity index is 306. The SMILES string of the molecule is CCC(C)(C)Oc1cc(C)nc(Cl)n1. The first-order chi connectivity index (χ1) is 6.43. The van der Waals surface area contributed by atoms with Crippen molar-refractivity contribution in [1.82, 2.24) is 9.97 Å². The van der Waals surface area contributed by atoms with Crippen LogP contribution in [-0.4, -0.2) is 15.6 Å². The highest BCUT2D eigenvalue weighted by molar-refractivity contribution is 6.28. The zero-order valence-corrected chi connectivity index (χ0v) is 9.72. The first-order valence-electron chi connectivity index (χ1n) is 4.63. The van der Waals surface area contributed by atoms with Crippen molar-refractivity contribution in [2.45, 2.75) is 39.7 Å². The van der Waals surface area contributed by atoms with Crippen LogP contribution in [0.25, 0.3) is 0 Å². The molecule has 78 valence electrons. The van der Waals surface area contributed by atoms with E-state index in [0.717, 1.165) is 12.1 Å². The number of hydrogen-bond donors (Lipinski definition) is 0. The molecule has 0 unspecified atom stereocenters. The van der Waals surface area contributed by atoms with Gasteiger partial charge in [0.05, 0.1) is 0 Å². The molecular formula is C10H15ClN2O. The van der Waals surface area contributed by atoms with Gasteiger partial charge in [0.1, 0.15) is 5.60 Å². The predicted octanol–water partition coefficient (Wildman–Crippen LogP) is 3.01. The van der Waals surface area contributed by atoms with E-state index in [4.69, 9.17) is 16.3 Å². The molecule has 0 saturated heterocycles. The maximum Gasteiger partial charge on any atom is 0.225 e. The molecular weight excluding hydrogens is 200 g/mol. The van der Waals surface area contributed by atoms with E-state index >= 15 is 0 Å². The van der Waals surface area contributed by atoms with Crippen molar-refractivity contribution in [3.63, 3.8) is 0 Å².